The van der Waals surface area contributed by atoms with E-state index in [1.807, 2.05) is 0 Å². The van der Waals surface area contributed by atoms with Gasteiger partial charge in [0.05, 0.1) is 12.3 Å². The number of aromatic nitrogens is 4. The number of alkyl halides is 3. The summed E-state index contributed by atoms with van der Waals surface area (Å²) >= 11 is 2.14. The molecule has 0 bridgehead atoms. The molecule has 0 unspecified atom stereocenters. The second kappa shape index (κ2) is 11.7. The van der Waals surface area contributed by atoms with E-state index in [-0.39, 0.29) is 32.4 Å². The maximum atomic E-state index is 12.5. The molecule has 3 aromatic heterocycles. The Balaban J connectivity index is 0.000000584. The van der Waals surface area contributed by atoms with Crippen molar-refractivity contribution in [2.75, 3.05) is 12.4 Å². The number of imidazole rings is 1. The molecule has 0 aliphatic carbocycles. The van der Waals surface area contributed by atoms with Gasteiger partial charge < -0.3 is 20.1 Å². The Morgan fingerprint density at radius 2 is 1.93 bits per heavy atom. The molecule has 12 heteroatoms. The number of rotatable bonds is 4. The van der Waals surface area contributed by atoms with E-state index >= 15 is 0 Å². The molecule has 0 radical (unpaired) electrons. The van der Waals surface area contributed by atoms with Gasteiger partial charge in [-0.1, -0.05) is 21.2 Å². The second-order valence-corrected chi connectivity index (χ2v) is 7.48. The van der Waals surface area contributed by atoms with E-state index in [9.17, 15) is 18.0 Å². The average Bonchev–Trinajstić information content (AvgIpc) is 3.14. The average molecular weight is 693 g/mol. The van der Waals surface area contributed by atoms with Gasteiger partial charge in [-0.25, -0.2) is 0 Å². The maximum Gasteiger partial charge on any atom is 0.412 e. The van der Waals surface area contributed by atoms with Gasteiger partial charge in [-0.05, 0) is 44.7 Å². The van der Waals surface area contributed by atoms with Crippen LogP contribution in [0, 0.1) is 0 Å². The van der Waals surface area contributed by atoms with Gasteiger partial charge in [0.25, 0.3) is 0 Å². The molecular formula is C16H13F3IN4O2SW-. The van der Waals surface area contributed by atoms with E-state index < -0.39 is 11.9 Å². The fourth-order valence-corrected chi connectivity index (χ4v) is 2.53. The van der Waals surface area contributed by atoms with Crippen LogP contribution in [-0.2, 0) is 27.2 Å². The predicted molar refractivity (Wildman–Crippen MR) is 105 cm³/mol. The van der Waals surface area contributed by atoms with Gasteiger partial charge in [-0.3, -0.25) is 9.78 Å². The Morgan fingerprint density at radius 3 is 2.36 bits per heavy atom. The van der Waals surface area contributed by atoms with Crippen molar-refractivity contribution in [3.05, 3.63) is 58.9 Å². The Bertz CT molecular complexity index is 897. The standard InChI is InChI=1S/C14H9F3N4O.C2H5IOS.W/c15-14(16,17)11-7-20-13(21-11)9-1-3-10(18-6-9)8-2-4-12(22)19-5-8;3-5-2-1-4;/h1-7H,(H2,18,19,20,21,22);4H,1-2H2;/p-1. The number of hydrogen-bond donors (Lipinski definition) is 2. The number of nitrogens with one attached hydrogen (secondary N) is 1. The fourth-order valence-electron chi connectivity index (χ4n) is 1.87. The number of pyridine rings is 2. The van der Waals surface area contributed by atoms with Gasteiger partial charge in [0, 0.05) is 56.5 Å². The van der Waals surface area contributed by atoms with Crippen molar-refractivity contribution < 1.29 is 39.3 Å². The van der Waals surface area contributed by atoms with E-state index in [2.05, 4.69) is 41.1 Å². The summed E-state index contributed by atoms with van der Waals surface area (Å²) in [5, 5.41) is 8.04. The van der Waals surface area contributed by atoms with E-state index in [0.29, 0.717) is 29.6 Å². The summed E-state index contributed by atoms with van der Waals surface area (Å²) in [5.41, 5.74) is 0.370. The van der Waals surface area contributed by atoms with Crippen molar-refractivity contribution in [2.24, 2.45) is 0 Å². The van der Waals surface area contributed by atoms with Gasteiger partial charge in [-0.15, -0.1) is 0 Å². The third kappa shape index (κ3) is 7.34. The quantitative estimate of drug-likeness (QED) is 0.407. The summed E-state index contributed by atoms with van der Waals surface area (Å²) in [6, 6.07) is 6.15. The number of aliphatic hydroxyl groups excluding tert-OH is 1. The smallest absolute Gasteiger partial charge is 0.412 e. The Morgan fingerprint density at radius 1 is 1.21 bits per heavy atom. The molecule has 0 saturated carbocycles. The van der Waals surface area contributed by atoms with Gasteiger partial charge in [-0.2, -0.15) is 13.2 Å². The zero-order valence-electron chi connectivity index (χ0n) is 14.0. The van der Waals surface area contributed by atoms with Crippen LogP contribution in [-0.4, -0.2) is 32.4 Å². The van der Waals surface area contributed by atoms with Crippen molar-refractivity contribution in [3.63, 3.8) is 0 Å². The largest absolute Gasteiger partial charge is 0.442 e. The molecule has 0 aromatic carbocycles. The van der Waals surface area contributed by atoms with Crippen molar-refractivity contribution >= 4 is 30.1 Å². The molecule has 0 atom stereocenters. The minimum Gasteiger partial charge on any atom is -0.442 e. The Hall–Kier alpha value is -1.17. The first-order valence-corrected chi connectivity index (χ1v) is 10.9. The van der Waals surface area contributed by atoms with Crippen LogP contribution in [0.25, 0.3) is 22.6 Å². The molecule has 2 N–H and O–H groups in total. The van der Waals surface area contributed by atoms with E-state index in [0.717, 1.165) is 5.75 Å². The number of halogens is 4. The first-order valence-electron chi connectivity index (χ1n) is 7.42. The van der Waals surface area contributed by atoms with Crippen LogP contribution in [0.5, 0.6) is 0 Å². The summed E-state index contributed by atoms with van der Waals surface area (Å²) in [5.74, 6) is 0.813. The van der Waals surface area contributed by atoms with E-state index in [4.69, 9.17) is 5.11 Å². The molecule has 0 aliphatic heterocycles. The zero-order chi connectivity index (χ0) is 19.9. The summed E-state index contributed by atoms with van der Waals surface area (Å²) < 4.78 is 37.5. The molecular weight excluding hydrogens is 680 g/mol. The van der Waals surface area contributed by atoms with Gasteiger partial charge in [0.1, 0.15) is 0 Å². The molecule has 0 fully saturated rings. The van der Waals surface area contributed by atoms with Crippen molar-refractivity contribution in [3.8, 4) is 22.6 Å². The molecule has 0 amide bonds. The third-order valence-electron chi connectivity index (χ3n) is 3.10. The molecule has 150 valence electrons. The molecule has 0 saturated heterocycles. The molecule has 0 aliphatic rings. The van der Waals surface area contributed by atoms with E-state index in [1.165, 1.54) is 18.5 Å². The molecule has 3 heterocycles. The third-order valence-corrected chi connectivity index (χ3v) is 4.75. The van der Waals surface area contributed by atoms with Crippen molar-refractivity contribution in [1.82, 2.24) is 19.9 Å². The maximum absolute atomic E-state index is 12.5. The number of aromatic amines is 1. The Kier molecular flexibility index (Phi) is 10.4. The summed E-state index contributed by atoms with van der Waals surface area (Å²) in [4.78, 5) is 24.7. The van der Waals surface area contributed by atoms with Gasteiger partial charge in [0.2, 0.25) is 5.56 Å². The van der Waals surface area contributed by atoms with Crippen LogP contribution in [0.15, 0.2) is 47.7 Å². The normalized spacial score (nSPS) is 10.6. The number of nitrogens with zero attached hydrogens (tertiary/aromatic N) is 3. The molecule has 3 aromatic rings. The SMILES string of the molecule is O=c1ccc(-c2ccc(-c3nc(C(F)(F)F)c[n-]3)cn2)c[nH]1.OCCSI.[W]. The summed E-state index contributed by atoms with van der Waals surface area (Å²) in [6.07, 6.45) is -0.944. The first kappa shape index (κ1) is 24.9. The van der Waals surface area contributed by atoms with Crippen molar-refractivity contribution in [2.45, 2.75) is 6.18 Å². The summed E-state index contributed by atoms with van der Waals surface area (Å²) in [6.45, 7) is 0.299. The zero-order valence-corrected chi connectivity index (χ0v) is 19.9. The van der Waals surface area contributed by atoms with Crippen LogP contribution in [0.1, 0.15) is 5.69 Å². The van der Waals surface area contributed by atoms with Crippen LogP contribution < -0.4 is 10.5 Å². The minimum atomic E-state index is -4.52. The topological polar surface area (TPSA) is 93.0 Å². The number of aliphatic hydroxyl groups is 1. The summed E-state index contributed by atoms with van der Waals surface area (Å²) in [7, 11) is 1.62. The molecule has 0 spiro atoms. The van der Waals surface area contributed by atoms with Crippen LogP contribution in [0.4, 0.5) is 13.2 Å². The van der Waals surface area contributed by atoms with Crippen LogP contribution in [0.3, 0.4) is 0 Å². The van der Waals surface area contributed by atoms with E-state index in [1.54, 1.807) is 27.1 Å². The molecule has 28 heavy (non-hydrogen) atoms. The second-order valence-electron chi connectivity index (χ2n) is 4.99. The van der Waals surface area contributed by atoms with Crippen molar-refractivity contribution in [1.29, 1.82) is 0 Å². The van der Waals surface area contributed by atoms with Gasteiger partial charge in [0.15, 0.2) is 0 Å². The monoisotopic (exact) mass is 693 g/mol. The fraction of sp³-hybridized carbons (Fsp3) is 0.188. The minimum absolute atomic E-state index is 0. The number of H-pyrrole nitrogens is 1. The first-order chi connectivity index (χ1) is 12.8. The molecule has 3 rings (SSSR count). The van der Waals surface area contributed by atoms with Crippen LogP contribution >= 0.6 is 30.1 Å². The van der Waals surface area contributed by atoms with Gasteiger partial charge >= 0.3 is 6.18 Å². The molecule has 6 nitrogen and oxygen atoms in total. The Labute approximate surface area is 188 Å². The predicted octanol–water partition coefficient (Wildman–Crippen LogP) is 3.53. The van der Waals surface area contributed by atoms with Crippen LogP contribution in [0.2, 0.25) is 0 Å². The number of hydrogen-bond acceptors (Lipinski definition) is 5.